The molecule has 0 bridgehead atoms. The first-order chi connectivity index (χ1) is 16.6. The molecule has 2 atom stereocenters. The number of aryl methyl sites for hydroxylation is 3. The van der Waals surface area contributed by atoms with Crippen LogP contribution in [0, 0.1) is 6.92 Å². The van der Waals surface area contributed by atoms with Gasteiger partial charge in [0.1, 0.15) is 11.9 Å². The quantitative estimate of drug-likeness (QED) is 0.456. The van der Waals surface area contributed by atoms with E-state index in [9.17, 15) is 9.90 Å². The van der Waals surface area contributed by atoms with Crippen LogP contribution in [0.1, 0.15) is 54.2 Å². The van der Waals surface area contributed by atoms with E-state index in [1.807, 2.05) is 30.0 Å². The van der Waals surface area contributed by atoms with Gasteiger partial charge < -0.3 is 19.7 Å². The van der Waals surface area contributed by atoms with Crippen molar-refractivity contribution in [2.45, 2.75) is 57.6 Å². The van der Waals surface area contributed by atoms with E-state index in [4.69, 9.17) is 14.2 Å². The van der Waals surface area contributed by atoms with Crippen LogP contribution in [0.25, 0.3) is 11.0 Å². The minimum absolute atomic E-state index is 0.0516. The lowest BCUT2D eigenvalue weighted by atomic mass is 10.00. The standard InChI is InChI=1S/C26H32N4O4/c1-17-23-21(8-4-9-22(23)34-29-17)24(26(31)32)30-14-12-20(16-30)33-15-3-2-7-19-11-10-18-6-5-13-27-25(18)28-19/h4,8-11,20,24H,2-3,5-7,12-16H2,1H3,(H,27,28)(H,31,32)/t20-,24+/m1/s1. The molecule has 34 heavy (non-hydrogen) atoms. The number of benzene rings is 1. The van der Waals surface area contributed by atoms with Crippen LogP contribution in [0.5, 0.6) is 0 Å². The van der Waals surface area contributed by atoms with Gasteiger partial charge >= 0.3 is 5.97 Å². The Morgan fingerprint density at radius 3 is 3.12 bits per heavy atom. The van der Waals surface area contributed by atoms with E-state index in [-0.39, 0.29) is 6.10 Å². The summed E-state index contributed by atoms with van der Waals surface area (Å²) in [6.07, 6.45) is 6.10. The number of carboxylic acid groups (broad SMARTS) is 1. The fourth-order valence-electron chi connectivity index (χ4n) is 5.18. The summed E-state index contributed by atoms with van der Waals surface area (Å²) in [7, 11) is 0. The Morgan fingerprint density at radius 2 is 2.24 bits per heavy atom. The molecule has 180 valence electrons. The van der Waals surface area contributed by atoms with Crippen LogP contribution in [0.3, 0.4) is 0 Å². The van der Waals surface area contributed by atoms with Gasteiger partial charge in [-0.05, 0) is 68.7 Å². The zero-order valence-electron chi connectivity index (χ0n) is 19.6. The Bertz CT molecular complexity index is 1160. The summed E-state index contributed by atoms with van der Waals surface area (Å²) in [6, 6.07) is 9.13. The maximum Gasteiger partial charge on any atom is 0.325 e. The second-order valence-corrected chi connectivity index (χ2v) is 9.30. The van der Waals surface area contributed by atoms with Gasteiger partial charge in [0.25, 0.3) is 0 Å². The van der Waals surface area contributed by atoms with Gasteiger partial charge in [0.2, 0.25) is 0 Å². The summed E-state index contributed by atoms with van der Waals surface area (Å²) in [5.41, 5.74) is 4.52. The third kappa shape index (κ3) is 4.79. The monoisotopic (exact) mass is 464 g/mol. The summed E-state index contributed by atoms with van der Waals surface area (Å²) < 4.78 is 11.5. The minimum atomic E-state index is -0.860. The highest BCUT2D eigenvalue weighted by atomic mass is 16.5. The number of anilines is 1. The first-order valence-corrected chi connectivity index (χ1v) is 12.3. The summed E-state index contributed by atoms with van der Waals surface area (Å²) in [5.74, 6) is 0.192. The smallest absolute Gasteiger partial charge is 0.325 e. The molecular formula is C26H32N4O4. The average molecular weight is 465 g/mol. The van der Waals surface area contributed by atoms with Crippen LogP contribution in [-0.4, -0.2) is 58.5 Å². The van der Waals surface area contributed by atoms with Crippen molar-refractivity contribution in [2.24, 2.45) is 0 Å². The number of likely N-dealkylation sites (tertiary alicyclic amines) is 1. The Labute approximate surface area is 199 Å². The summed E-state index contributed by atoms with van der Waals surface area (Å²) >= 11 is 0. The Kier molecular flexibility index (Phi) is 6.78. The van der Waals surface area contributed by atoms with Gasteiger partial charge in [0.05, 0.1) is 11.8 Å². The summed E-state index contributed by atoms with van der Waals surface area (Å²) in [6.45, 7) is 4.83. The molecule has 1 saturated heterocycles. The Balaban J connectivity index is 1.12. The fraction of sp³-hybridized carbons (Fsp3) is 0.500. The Hall–Kier alpha value is -2.97. The molecule has 0 radical (unpaired) electrons. The molecule has 3 aromatic rings. The van der Waals surface area contributed by atoms with E-state index < -0.39 is 12.0 Å². The van der Waals surface area contributed by atoms with Gasteiger partial charge in [-0.25, -0.2) is 4.98 Å². The third-order valence-electron chi connectivity index (χ3n) is 6.90. The van der Waals surface area contributed by atoms with Crippen molar-refractivity contribution in [3.63, 3.8) is 0 Å². The van der Waals surface area contributed by atoms with Gasteiger partial charge in [-0.2, -0.15) is 0 Å². The summed E-state index contributed by atoms with van der Waals surface area (Å²) in [5, 5.41) is 18.3. The first-order valence-electron chi connectivity index (χ1n) is 12.3. The molecule has 1 fully saturated rings. The van der Waals surface area contributed by atoms with Gasteiger partial charge in [0.15, 0.2) is 5.58 Å². The molecule has 0 spiro atoms. The zero-order chi connectivity index (χ0) is 23.5. The van der Waals surface area contributed by atoms with Crippen molar-refractivity contribution >= 4 is 22.8 Å². The van der Waals surface area contributed by atoms with Crippen molar-refractivity contribution in [3.05, 3.63) is 52.8 Å². The number of carboxylic acids is 1. The van der Waals surface area contributed by atoms with Gasteiger partial charge in [-0.3, -0.25) is 9.69 Å². The molecule has 0 saturated carbocycles. The highest BCUT2D eigenvalue weighted by molar-refractivity contribution is 5.89. The number of carbonyl (C=O) groups is 1. The van der Waals surface area contributed by atoms with Crippen LogP contribution in [0.4, 0.5) is 5.82 Å². The lowest BCUT2D eigenvalue weighted by molar-refractivity contribution is -0.143. The number of aliphatic carboxylic acids is 1. The van der Waals surface area contributed by atoms with Crippen LogP contribution < -0.4 is 5.32 Å². The normalized spacial score (nSPS) is 19.1. The molecule has 1 aromatic carbocycles. The number of nitrogens with zero attached hydrogens (tertiary/aromatic N) is 3. The summed E-state index contributed by atoms with van der Waals surface area (Å²) in [4.78, 5) is 19.0. The number of rotatable bonds is 9. The number of hydrogen-bond donors (Lipinski definition) is 2. The largest absolute Gasteiger partial charge is 0.480 e. The molecule has 5 rings (SSSR count). The molecule has 2 aliphatic heterocycles. The lowest BCUT2D eigenvalue weighted by Gasteiger charge is -2.25. The molecule has 0 unspecified atom stereocenters. The fourth-order valence-corrected chi connectivity index (χ4v) is 5.18. The van der Waals surface area contributed by atoms with E-state index >= 15 is 0 Å². The molecule has 8 nitrogen and oxygen atoms in total. The van der Waals surface area contributed by atoms with E-state index in [0.29, 0.717) is 31.0 Å². The topological polar surface area (TPSA) is 101 Å². The molecule has 4 heterocycles. The molecular weight excluding hydrogens is 432 g/mol. The third-order valence-corrected chi connectivity index (χ3v) is 6.90. The molecule has 0 aliphatic carbocycles. The van der Waals surface area contributed by atoms with Gasteiger partial charge in [-0.15, -0.1) is 0 Å². The number of aromatic nitrogens is 2. The highest BCUT2D eigenvalue weighted by Gasteiger charge is 2.35. The first kappa shape index (κ1) is 22.8. The number of ether oxygens (including phenoxy) is 1. The molecule has 2 aromatic heterocycles. The van der Waals surface area contributed by atoms with E-state index in [1.165, 1.54) is 12.0 Å². The Morgan fingerprint density at radius 1 is 1.32 bits per heavy atom. The van der Waals surface area contributed by atoms with Gasteiger partial charge in [0, 0.05) is 37.3 Å². The maximum atomic E-state index is 12.3. The second kappa shape index (κ2) is 10.1. The van der Waals surface area contributed by atoms with Crippen LogP contribution in [0.2, 0.25) is 0 Å². The van der Waals surface area contributed by atoms with Crippen molar-refractivity contribution in [1.29, 1.82) is 0 Å². The number of fused-ring (bicyclic) bond motifs is 2. The van der Waals surface area contributed by atoms with E-state index in [2.05, 4.69) is 22.6 Å². The van der Waals surface area contributed by atoms with Crippen LogP contribution in [-0.2, 0) is 22.4 Å². The number of unbranched alkanes of at least 4 members (excludes halogenated alkanes) is 1. The van der Waals surface area contributed by atoms with Crippen LogP contribution in [0.15, 0.2) is 34.9 Å². The predicted octanol–water partition coefficient (Wildman–Crippen LogP) is 4.13. The minimum Gasteiger partial charge on any atom is -0.480 e. The second-order valence-electron chi connectivity index (χ2n) is 9.30. The maximum absolute atomic E-state index is 12.3. The number of pyridine rings is 1. The van der Waals surface area contributed by atoms with Crippen molar-refractivity contribution in [3.8, 4) is 0 Å². The van der Waals surface area contributed by atoms with Crippen molar-refractivity contribution < 1.29 is 19.2 Å². The molecule has 0 amide bonds. The average Bonchev–Trinajstić information content (AvgIpc) is 3.46. The SMILES string of the molecule is Cc1noc2cccc([C@@H](C(=O)O)N3CC[C@@H](OCCCCc4ccc5c(n4)NCCC5)C3)c12. The van der Waals surface area contributed by atoms with E-state index in [1.54, 1.807) is 0 Å². The van der Waals surface area contributed by atoms with Crippen molar-refractivity contribution in [2.75, 3.05) is 31.6 Å². The van der Waals surface area contributed by atoms with E-state index in [0.717, 1.165) is 61.1 Å². The van der Waals surface area contributed by atoms with Gasteiger partial charge in [-0.1, -0.05) is 23.4 Å². The molecule has 2 aliphatic rings. The highest BCUT2D eigenvalue weighted by Crippen LogP contribution is 2.33. The predicted molar refractivity (Wildman–Crippen MR) is 129 cm³/mol. The van der Waals surface area contributed by atoms with Crippen molar-refractivity contribution in [1.82, 2.24) is 15.0 Å². The number of nitrogens with one attached hydrogen (secondary N) is 1. The zero-order valence-corrected chi connectivity index (χ0v) is 19.6. The van der Waals surface area contributed by atoms with Crippen LogP contribution >= 0.6 is 0 Å². The lowest BCUT2D eigenvalue weighted by Crippen LogP contribution is -2.33. The molecule has 2 N–H and O–H groups in total. The number of hydrogen-bond acceptors (Lipinski definition) is 7. The molecule has 8 heteroatoms.